The molecule has 25 heavy (non-hydrogen) atoms. The fourth-order valence-electron chi connectivity index (χ4n) is 2.21. The summed E-state index contributed by atoms with van der Waals surface area (Å²) in [6, 6.07) is 7.12. The number of sulfonamides is 1. The van der Waals surface area contributed by atoms with Gasteiger partial charge in [0.05, 0.1) is 6.54 Å². The first kappa shape index (κ1) is 18.9. The number of quaternary nitrogens is 1. The molecule has 0 spiro atoms. The summed E-state index contributed by atoms with van der Waals surface area (Å²) in [7, 11) is -7.77. The zero-order valence-electron chi connectivity index (χ0n) is 12.9. The first-order chi connectivity index (χ1) is 11.5. The van der Waals surface area contributed by atoms with Gasteiger partial charge in [-0.1, -0.05) is 12.1 Å². The number of aromatic nitrogens is 1. The first-order valence-corrected chi connectivity index (χ1v) is 10.1. The molecule has 0 radical (unpaired) electrons. The van der Waals surface area contributed by atoms with E-state index in [1.54, 1.807) is 0 Å². The summed E-state index contributed by atoms with van der Waals surface area (Å²) in [5.41, 5.74) is 3.79. The Morgan fingerprint density at radius 3 is 2.24 bits per heavy atom. The van der Waals surface area contributed by atoms with Gasteiger partial charge in [0.25, 0.3) is 0 Å². The van der Waals surface area contributed by atoms with Crippen LogP contribution in [0.1, 0.15) is 10.5 Å². The monoisotopic (exact) mass is 389 g/mol. The molecule has 1 aromatic heterocycles. The quantitative estimate of drug-likeness (QED) is 0.466. The van der Waals surface area contributed by atoms with E-state index >= 15 is 0 Å². The van der Waals surface area contributed by atoms with E-state index in [4.69, 9.17) is 5.14 Å². The van der Waals surface area contributed by atoms with Crippen molar-refractivity contribution in [2.24, 2.45) is 5.14 Å². The molecular formula is C13H17N4O6S2+. The second-order valence-electron chi connectivity index (χ2n) is 5.08. The molecule has 7 N–H and O–H groups in total. The lowest BCUT2D eigenvalue weighted by molar-refractivity contribution is -0.360. The number of aromatic carboxylic acids is 1. The molecule has 1 aromatic carbocycles. The largest absolute Gasteiger partial charge is 0.477 e. The van der Waals surface area contributed by atoms with Crippen molar-refractivity contribution in [2.75, 3.05) is 17.0 Å². The lowest BCUT2D eigenvalue weighted by Crippen LogP contribution is -2.53. The average Bonchev–Trinajstić information content (AvgIpc) is 2.92. The minimum absolute atomic E-state index is 0.130. The Morgan fingerprint density at radius 1 is 1.16 bits per heavy atom. The van der Waals surface area contributed by atoms with Crippen LogP contribution in [-0.4, -0.2) is 44.2 Å². The van der Waals surface area contributed by atoms with Gasteiger partial charge in [-0.2, -0.15) is 8.42 Å². The van der Waals surface area contributed by atoms with Gasteiger partial charge in [-0.3, -0.25) is 4.72 Å². The molecule has 0 aliphatic carbocycles. The Hall–Kier alpha value is -2.41. The third-order valence-electron chi connectivity index (χ3n) is 3.21. The number of rotatable bonds is 7. The Balaban J connectivity index is 2.41. The van der Waals surface area contributed by atoms with Gasteiger partial charge < -0.3 is 10.8 Å². The SMILES string of the molecule is NS(=O)(=O)n1ccc(-c2ccc(NS(=O)(=O)CC[NH3+])cc2)c1C(=O)O. The van der Waals surface area contributed by atoms with E-state index in [0.29, 0.717) is 15.2 Å². The number of nitrogens with zero attached hydrogens (tertiary/aromatic N) is 1. The molecule has 0 saturated heterocycles. The molecule has 0 fully saturated rings. The van der Waals surface area contributed by atoms with Gasteiger partial charge in [-0.25, -0.2) is 22.3 Å². The van der Waals surface area contributed by atoms with Gasteiger partial charge in [0, 0.05) is 17.4 Å². The molecule has 2 aromatic rings. The third kappa shape index (κ3) is 4.36. The number of hydrogen-bond acceptors (Lipinski definition) is 5. The number of hydrogen-bond donors (Lipinski definition) is 4. The van der Waals surface area contributed by atoms with Gasteiger partial charge in [-0.15, -0.1) is 0 Å². The number of carbonyl (C=O) groups is 1. The highest BCUT2D eigenvalue weighted by Gasteiger charge is 2.22. The summed E-state index contributed by atoms with van der Waals surface area (Å²) in [4.78, 5) is 11.4. The summed E-state index contributed by atoms with van der Waals surface area (Å²) >= 11 is 0. The van der Waals surface area contributed by atoms with Crippen molar-refractivity contribution in [3.05, 3.63) is 42.2 Å². The second kappa shape index (κ2) is 6.84. The maximum absolute atomic E-state index is 11.7. The Morgan fingerprint density at radius 2 is 1.76 bits per heavy atom. The highest BCUT2D eigenvalue weighted by atomic mass is 32.2. The number of carboxylic acids is 1. The van der Waals surface area contributed by atoms with Crippen LogP contribution in [0.2, 0.25) is 0 Å². The summed E-state index contributed by atoms with van der Waals surface area (Å²) < 4.78 is 49.2. The molecule has 0 saturated carbocycles. The van der Waals surface area contributed by atoms with Crippen LogP contribution >= 0.6 is 0 Å². The Bertz CT molecular complexity index is 994. The fraction of sp³-hybridized carbons (Fsp3) is 0.154. The molecule has 12 heteroatoms. The van der Waals surface area contributed by atoms with E-state index < -0.39 is 31.9 Å². The normalized spacial score (nSPS) is 12.1. The topological polar surface area (TPSA) is 176 Å². The molecule has 0 aliphatic rings. The van der Waals surface area contributed by atoms with Gasteiger partial charge in [-0.05, 0) is 23.8 Å². The zero-order chi connectivity index (χ0) is 18.8. The Kier molecular flexibility index (Phi) is 5.17. The van der Waals surface area contributed by atoms with Crippen LogP contribution in [0.3, 0.4) is 0 Å². The van der Waals surface area contributed by atoms with E-state index in [9.17, 15) is 26.7 Å². The minimum Gasteiger partial charge on any atom is -0.477 e. The van der Waals surface area contributed by atoms with Crippen LogP contribution < -0.4 is 15.6 Å². The summed E-state index contributed by atoms with van der Waals surface area (Å²) in [5, 5.41) is 14.3. The standard InChI is InChI=1S/C13H16N4O6S2/c14-6-8-24(20,21)16-10-3-1-9(2-4-10)11-5-7-17(25(15,22)23)12(11)13(18)19/h1-5,7,16H,6,8,14H2,(H,18,19)(H2,15,22,23)/p+1. The van der Waals surface area contributed by atoms with Crippen molar-refractivity contribution < 1.29 is 32.5 Å². The zero-order valence-corrected chi connectivity index (χ0v) is 14.5. The maximum atomic E-state index is 11.7. The maximum Gasteiger partial charge on any atom is 0.354 e. The van der Waals surface area contributed by atoms with E-state index in [2.05, 4.69) is 10.5 Å². The van der Waals surface area contributed by atoms with Crippen LogP contribution in [0.4, 0.5) is 5.69 Å². The lowest BCUT2D eigenvalue weighted by atomic mass is 10.1. The van der Waals surface area contributed by atoms with Gasteiger partial charge in [0.1, 0.15) is 5.75 Å². The van der Waals surface area contributed by atoms with E-state index in [1.807, 2.05) is 0 Å². The molecule has 0 atom stereocenters. The molecule has 1 heterocycles. The van der Waals surface area contributed by atoms with Crippen molar-refractivity contribution in [3.8, 4) is 11.1 Å². The van der Waals surface area contributed by atoms with Gasteiger partial charge in [0.2, 0.25) is 10.0 Å². The van der Waals surface area contributed by atoms with Crippen molar-refractivity contribution >= 4 is 31.9 Å². The number of anilines is 1. The van der Waals surface area contributed by atoms with Crippen LogP contribution in [0.5, 0.6) is 0 Å². The Labute approximate surface area is 144 Å². The molecule has 2 rings (SSSR count). The number of nitrogens with one attached hydrogen (secondary N) is 1. The van der Waals surface area contributed by atoms with Crippen LogP contribution in [0, 0.1) is 0 Å². The second-order valence-corrected chi connectivity index (χ2v) is 8.34. The van der Waals surface area contributed by atoms with E-state index in [1.165, 1.54) is 30.3 Å². The molecular weight excluding hydrogens is 372 g/mol. The van der Waals surface area contributed by atoms with Crippen LogP contribution in [0.25, 0.3) is 11.1 Å². The fourth-order valence-corrected chi connectivity index (χ4v) is 3.85. The first-order valence-electron chi connectivity index (χ1n) is 6.93. The lowest BCUT2D eigenvalue weighted by Gasteiger charge is -2.08. The number of benzene rings is 1. The molecule has 10 nitrogen and oxygen atoms in total. The number of carboxylic acid groups (broad SMARTS) is 1. The third-order valence-corrected chi connectivity index (χ3v) is 5.44. The molecule has 0 amide bonds. The van der Waals surface area contributed by atoms with Crippen LogP contribution in [-0.2, 0) is 20.2 Å². The van der Waals surface area contributed by atoms with Crippen LogP contribution in [0.15, 0.2) is 36.5 Å². The summed E-state index contributed by atoms with van der Waals surface area (Å²) in [5.74, 6) is -1.59. The summed E-state index contributed by atoms with van der Waals surface area (Å²) in [6.45, 7) is 0.219. The molecule has 0 unspecified atom stereocenters. The molecule has 136 valence electrons. The van der Waals surface area contributed by atoms with Crippen molar-refractivity contribution in [1.29, 1.82) is 0 Å². The van der Waals surface area contributed by atoms with Gasteiger partial charge >= 0.3 is 16.2 Å². The minimum atomic E-state index is -4.27. The van der Waals surface area contributed by atoms with Gasteiger partial charge in [0.15, 0.2) is 5.69 Å². The van der Waals surface area contributed by atoms with Crippen molar-refractivity contribution in [3.63, 3.8) is 0 Å². The number of nitrogens with two attached hydrogens (primary N) is 1. The average molecular weight is 389 g/mol. The molecule has 0 aliphatic heterocycles. The van der Waals surface area contributed by atoms with E-state index in [-0.39, 0.29) is 17.9 Å². The summed E-state index contributed by atoms with van der Waals surface area (Å²) in [6.07, 6.45) is 1.04. The van der Waals surface area contributed by atoms with E-state index in [0.717, 1.165) is 6.20 Å². The highest BCUT2D eigenvalue weighted by molar-refractivity contribution is 7.92. The van der Waals surface area contributed by atoms with Crippen molar-refractivity contribution in [1.82, 2.24) is 3.97 Å². The predicted molar refractivity (Wildman–Crippen MR) is 90.5 cm³/mol. The van der Waals surface area contributed by atoms with Crippen molar-refractivity contribution in [2.45, 2.75) is 0 Å². The predicted octanol–water partition coefficient (Wildman–Crippen LogP) is -1.11. The molecule has 0 bridgehead atoms. The highest BCUT2D eigenvalue weighted by Crippen LogP contribution is 2.27. The smallest absolute Gasteiger partial charge is 0.354 e.